The van der Waals surface area contributed by atoms with E-state index in [1.807, 2.05) is 4.98 Å². The minimum Gasteiger partial charge on any atom is -0.503 e. The van der Waals surface area contributed by atoms with E-state index < -0.39 is 28.4 Å². The Hall–Kier alpha value is -1.37. The van der Waals surface area contributed by atoms with E-state index in [0.29, 0.717) is 0 Å². The maximum absolute atomic E-state index is 11.7. The standard InChI is InChI=1S/C6H3ClF3NO3/c7-5-4(14-6(8,9)10)3(13)2(12)1-11-5/h1,12H,(H,11,13). The van der Waals surface area contributed by atoms with Crippen LogP contribution in [0.4, 0.5) is 13.2 Å². The average Bonchev–Trinajstić information content (AvgIpc) is 2.04. The summed E-state index contributed by atoms with van der Waals surface area (Å²) in [6, 6.07) is 0. The first-order chi connectivity index (χ1) is 6.31. The minimum absolute atomic E-state index is 0.634. The number of H-pyrrole nitrogens is 1. The van der Waals surface area contributed by atoms with Crippen LogP contribution in [0.5, 0.6) is 11.5 Å². The molecule has 2 N–H and O–H groups in total. The van der Waals surface area contributed by atoms with Crippen LogP contribution in [0.3, 0.4) is 0 Å². The Labute approximate surface area is 79.9 Å². The molecule has 4 nitrogen and oxygen atoms in total. The van der Waals surface area contributed by atoms with E-state index in [2.05, 4.69) is 4.74 Å². The molecule has 1 heterocycles. The monoisotopic (exact) mass is 229 g/mol. The molecule has 0 aliphatic heterocycles. The van der Waals surface area contributed by atoms with Crippen LogP contribution in [0, 0.1) is 0 Å². The number of aromatic nitrogens is 1. The summed E-state index contributed by atoms with van der Waals surface area (Å²) in [4.78, 5) is 12.9. The second-order valence-corrected chi connectivity index (χ2v) is 2.57. The summed E-state index contributed by atoms with van der Waals surface area (Å²) in [6.45, 7) is 0. The SMILES string of the molecule is O=c1c(O)c[nH]c(Cl)c1OC(F)(F)F. The highest BCUT2D eigenvalue weighted by atomic mass is 35.5. The number of pyridine rings is 1. The van der Waals surface area contributed by atoms with Crippen LogP contribution in [0.1, 0.15) is 0 Å². The van der Waals surface area contributed by atoms with Gasteiger partial charge in [-0.1, -0.05) is 11.6 Å². The molecular weight excluding hydrogens is 227 g/mol. The molecule has 8 heteroatoms. The fraction of sp³-hybridized carbons (Fsp3) is 0.167. The molecule has 1 aromatic heterocycles. The molecule has 0 saturated heterocycles. The van der Waals surface area contributed by atoms with Crippen molar-refractivity contribution in [1.29, 1.82) is 0 Å². The van der Waals surface area contributed by atoms with Crippen LogP contribution < -0.4 is 10.2 Å². The molecule has 0 atom stereocenters. The van der Waals surface area contributed by atoms with Gasteiger partial charge in [0.2, 0.25) is 5.75 Å². The summed E-state index contributed by atoms with van der Waals surface area (Å²) in [5.41, 5.74) is -1.33. The highest BCUT2D eigenvalue weighted by Crippen LogP contribution is 2.26. The van der Waals surface area contributed by atoms with Gasteiger partial charge in [0.05, 0.1) is 0 Å². The van der Waals surface area contributed by atoms with Crippen LogP contribution in [0.15, 0.2) is 11.0 Å². The normalized spacial score (nSPS) is 11.4. The highest BCUT2D eigenvalue weighted by Gasteiger charge is 2.33. The summed E-state index contributed by atoms with van der Waals surface area (Å²) in [6.07, 6.45) is -4.28. The first-order valence-electron chi connectivity index (χ1n) is 3.17. The predicted molar refractivity (Wildman–Crippen MR) is 40.4 cm³/mol. The lowest BCUT2D eigenvalue weighted by Crippen LogP contribution is -2.22. The van der Waals surface area contributed by atoms with Crippen molar-refractivity contribution in [1.82, 2.24) is 4.98 Å². The van der Waals surface area contributed by atoms with E-state index in [1.165, 1.54) is 0 Å². The third-order valence-electron chi connectivity index (χ3n) is 1.19. The molecule has 0 spiro atoms. The second-order valence-electron chi connectivity index (χ2n) is 2.19. The molecule has 0 unspecified atom stereocenters. The smallest absolute Gasteiger partial charge is 0.503 e. The maximum Gasteiger partial charge on any atom is 0.573 e. The van der Waals surface area contributed by atoms with Crippen LogP contribution in [-0.4, -0.2) is 16.5 Å². The number of ether oxygens (including phenoxy) is 1. The van der Waals surface area contributed by atoms with Crippen LogP contribution >= 0.6 is 11.6 Å². The zero-order valence-corrected chi connectivity index (χ0v) is 7.11. The average molecular weight is 230 g/mol. The lowest BCUT2D eigenvalue weighted by Gasteiger charge is -2.08. The van der Waals surface area contributed by atoms with Crippen molar-refractivity contribution in [2.24, 2.45) is 0 Å². The first kappa shape index (κ1) is 10.7. The van der Waals surface area contributed by atoms with Crippen LogP contribution in [0.2, 0.25) is 5.15 Å². The Morgan fingerprint density at radius 2 is 2.07 bits per heavy atom. The summed E-state index contributed by atoms with van der Waals surface area (Å²) >= 11 is 5.22. The number of alkyl halides is 3. The fourth-order valence-corrected chi connectivity index (χ4v) is 0.865. The Morgan fingerprint density at radius 3 is 2.57 bits per heavy atom. The summed E-state index contributed by atoms with van der Waals surface area (Å²) in [5, 5.41) is 8.14. The molecule has 0 aliphatic rings. The van der Waals surface area contributed by atoms with E-state index in [1.54, 1.807) is 0 Å². The van der Waals surface area contributed by atoms with Crippen molar-refractivity contribution in [2.45, 2.75) is 6.36 Å². The number of rotatable bonds is 1. The van der Waals surface area contributed by atoms with Gasteiger partial charge in [0.15, 0.2) is 10.9 Å². The molecule has 1 rings (SSSR count). The highest BCUT2D eigenvalue weighted by molar-refractivity contribution is 6.30. The van der Waals surface area contributed by atoms with Crippen LogP contribution in [-0.2, 0) is 0 Å². The molecule has 0 fully saturated rings. The van der Waals surface area contributed by atoms with Gasteiger partial charge in [-0.25, -0.2) is 0 Å². The molecule has 0 aromatic carbocycles. The van der Waals surface area contributed by atoms with Gasteiger partial charge in [-0.2, -0.15) is 0 Å². The predicted octanol–water partition coefficient (Wildman–Crippen LogP) is 1.63. The van der Waals surface area contributed by atoms with E-state index in [-0.39, 0.29) is 0 Å². The van der Waals surface area contributed by atoms with Gasteiger partial charge >= 0.3 is 6.36 Å². The van der Waals surface area contributed by atoms with Gasteiger partial charge in [-0.15, -0.1) is 13.2 Å². The fourth-order valence-electron chi connectivity index (χ4n) is 0.686. The molecule has 0 amide bonds. The third-order valence-corrected chi connectivity index (χ3v) is 1.47. The van der Waals surface area contributed by atoms with E-state index in [0.717, 1.165) is 6.20 Å². The minimum atomic E-state index is -5.04. The number of hydrogen-bond donors (Lipinski definition) is 2. The van der Waals surface area contributed by atoms with Crippen molar-refractivity contribution in [3.63, 3.8) is 0 Å². The molecular formula is C6H3ClF3NO3. The van der Waals surface area contributed by atoms with E-state index in [4.69, 9.17) is 16.7 Å². The largest absolute Gasteiger partial charge is 0.573 e. The zero-order chi connectivity index (χ0) is 10.9. The first-order valence-corrected chi connectivity index (χ1v) is 3.55. The van der Waals surface area contributed by atoms with Gasteiger partial charge in [0, 0.05) is 6.20 Å². The van der Waals surface area contributed by atoms with Crippen molar-refractivity contribution < 1.29 is 23.0 Å². The maximum atomic E-state index is 11.7. The van der Waals surface area contributed by atoms with Crippen molar-refractivity contribution in [3.05, 3.63) is 21.6 Å². The molecule has 0 bridgehead atoms. The van der Waals surface area contributed by atoms with Gasteiger partial charge in [-0.3, -0.25) is 4.79 Å². The van der Waals surface area contributed by atoms with Gasteiger partial charge in [0.1, 0.15) is 0 Å². The van der Waals surface area contributed by atoms with Crippen molar-refractivity contribution in [3.8, 4) is 11.5 Å². The number of aromatic amines is 1. The van der Waals surface area contributed by atoms with Crippen LogP contribution in [0.25, 0.3) is 0 Å². The lowest BCUT2D eigenvalue weighted by atomic mass is 10.4. The Morgan fingerprint density at radius 1 is 1.50 bits per heavy atom. The number of halogens is 4. The lowest BCUT2D eigenvalue weighted by molar-refractivity contribution is -0.275. The van der Waals surface area contributed by atoms with E-state index in [9.17, 15) is 18.0 Å². The molecule has 0 radical (unpaired) electrons. The zero-order valence-electron chi connectivity index (χ0n) is 6.35. The molecule has 0 saturated carbocycles. The number of aromatic hydroxyl groups is 1. The molecule has 78 valence electrons. The molecule has 14 heavy (non-hydrogen) atoms. The molecule has 1 aromatic rings. The Kier molecular flexibility index (Phi) is 2.61. The molecule has 0 aliphatic carbocycles. The Bertz CT molecular complexity index is 400. The second kappa shape index (κ2) is 3.41. The quantitative estimate of drug-likeness (QED) is 0.720. The van der Waals surface area contributed by atoms with Crippen molar-refractivity contribution in [2.75, 3.05) is 0 Å². The summed E-state index contributed by atoms with van der Waals surface area (Å²) in [5.74, 6) is -2.09. The summed E-state index contributed by atoms with van der Waals surface area (Å²) in [7, 11) is 0. The topological polar surface area (TPSA) is 62.3 Å². The van der Waals surface area contributed by atoms with Gasteiger partial charge in [-0.05, 0) is 0 Å². The number of hydrogen-bond acceptors (Lipinski definition) is 3. The Balaban J connectivity index is 3.21. The summed E-state index contributed by atoms with van der Waals surface area (Å²) < 4.78 is 38.5. The van der Waals surface area contributed by atoms with Crippen molar-refractivity contribution >= 4 is 11.6 Å². The number of nitrogens with one attached hydrogen (secondary N) is 1. The third kappa shape index (κ3) is 2.32. The van der Waals surface area contributed by atoms with Gasteiger partial charge in [0.25, 0.3) is 5.43 Å². The van der Waals surface area contributed by atoms with Gasteiger partial charge < -0.3 is 14.8 Å². The van der Waals surface area contributed by atoms with E-state index >= 15 is 0 Å².